The molecule has 7 heteroatoms. The second-order valence-corrected chi connectivity index (χ2v) is 12.0. The number of carbonyl (C=O) groups excluding carboxylic acids is 1. The lowest BCUT2D eigenvalue weighted by atomic mass is 9.79. The molecule has 0 aromatic heterocycles. The number of carbonyl (C=O) groups is 1. The largest absolute Gasteiger partial charge is 0.353 e. The molecule has 1 aromatic rings. The maximum absolute atomic E-state index is 13.0. The Kier molecular flexibility index (Phi) is 6.14. The van der Waals surface area contributed by atoms with Crippen molar-refractivity contribution in [3.8, 4) is 0 Å². The van der Waals surface area contributed by atoms with Crippen molar-refractivity contribution in [3.05, 3.63) is 29.8 Å². The van der Waals surface area contributed by atoms with Crippen molar-refractivity contribution in [3.63, 3.8) is 0 Å². The molecule has 2 heterocycles. The Hall–Kier alpha value is -1.44. The molecule has 0 spiro atoms. The average Bonchev–Trinajstić information content (AvgIpc) is 2.59. The van der Waals surface area contributed by atoms with Gasteiger partial charge >= 0.3 is 0 Å². The third kappa shape index (κ3) is 5.38. The summed E-state index contributed by atoms with van der Waals surface area (Å²) in [5, 5.41) is 6.84. The van der Waals surface area contributed by atoms with Gasteiger partial charge in [0.05, 0.1) is 10.8 Å². The minimum absolute atomic E-state index is 0.0210. The van der Waals surface area contributed by atoms with Gasteiger partial charge in [0.2, 0.25) is 15.9 Å². The molecule has 0 saturated carbocycles. The normalized spacial score (nSPS) is 25.5. The lowest BCUT2D eigenvalue weighted by Crippen LogP contribution is -2.62. The van der Waals surface area contributed by atoms with E-state index in [1.165, 1.54) is 4.31 Å². The second kappa shape index (κ2) is 8.00. The Morgan fingerprint density at radius 2 is 1.69 bits per heavy atom. The van der Waals surface area contributed by atoms with Crippen molar-refractivity contribution >= 4 is 15.9 Å². The molecule has 0 bridgehead atoms. The molecule has 1 amide bonds. The molecule has 0 aliphatic carbocycles. The Labute approximate surface area is 175 Å². The SMILES string of the molecule is Cc1ccc(S(=O)(=O)N2CCCC(C(=O)NC3CC(C)(C)NC(C)(C)C3)C2)cc1. The molecule has 2 aliphatic heterocycles. The molecule has 29 heavy (non-hydrogen) atoms. The predicted octanol–water partition coefficient (Wildman–Crippen LogP) is 2.82. The number of piperidine rings is 2. The average molecular weight is 422 g/mol. The fourth-order valence-electron chi connectivity index (χ4n) is 4.98. The zero-order valence-corrected chi connectivity index (χ0v) is 19.1. The summed E-state index contributed by atoms with van der Waals surface area (Å²) < 4.78 is 27.5. The zero-order valence-electron chi connectivity index (χ0n) is 18.3. The van der Waals surface area contributed by atoms with Crippen LogP contribution in [-0.4, -0.2) is 48.8 Å². The van der Waals surface area contributed by atoms with Crippen LogP contribution in [0.4, 0.5) is 0 Å². The van der Waals surface area contributed by atoms with Gasteiger partial charge in [0, 0.05) is 30.2 Å². The molecule has 162 valence electrons. The van der Waals surface area contributed by atoms with Crippen molar-refractivity contribution in [1.82, 2.24) is 14.9 Å². The van der Waals surface area contributed by atoms with Crippen molar-refractivity contribution < 1.29 is 13.2 Å². The first-order valence-corrected chi connectivity index (χ1v) is 12.0. The van der Waals surface area contributed by atoms with Crippen molar-refractivity contribution in [2.45, 2.75) is 82.3 Å². The summed E-state index contributed by atoms with van der Waals surface area (Å²) in [6.07, 6.45) is 3.15. The van der Waals surface area contributed by atoms with Gasteiger partial charge in [-0.25, -0.2) is 8.42 Å². The quantitative estimate of drug-likeness (QED) is 0.784. The van der Waals surface area contributed by atoms with Crippen LogP contribution in [0.3, 0.4) is 0 Å². The minimum atomic E-state index is -3.57. The number of nitrogens with one attached hydrogen (secondary N) is 2. The molecule has 2 N–H and O–H groups in total. The van der Waals surface area contributed by atoms with Crippen molar-refractivity contribution in [2.75, 3.05) is 13.1 Å². The van der Waals surface area contributed by atoms with Crippen LogP contribution in [-0.2, 0) is 14.8 Å². The Bertz CT molecular complexity index is 831. The van der Waals surface area contributed by atoms with Gasteiger partial charge in [0.15, 0.2) is 0 Å². The van der Waals surface area contributed by atoms with Crippen molar-refractivity contribution in [1.29, 1.82) is 0 Å². The molecule has 2 aliphatic rings. The highest BCUT2D eigenvalue weighted by atomic mass is 32.2. The van der Waals surface area contributed by atoms with Gasteiger partial charge in [0.1, 0.15) is 0 Å². The van der Waals surface area contributed by atoms with Crippen LogP contribution < -0.4 is 10.6 Å². The summed E-state index contributed by atoms with van der Waals surface area (Å²) in [6, 6.07) is 7.00. The molecule has 1 aromatic carbocycles. The van der Waals surface area contributed by atoms with Gasteiger partial charge in [0.25, 0.3) is 0 Å². The summed E-state index contributed by atoms with van der Waals surface area (Å²) in [5.74, 6) is -0.322. The van der Waals surface area contributed by atoms with Gasteiger partial charge < -0.3 is 10.6 Å². The van der Waals surface area contributed by atoms with Crippen LogP contribution in [0.5, 0.6) is 0 Å². The minimum Gasteiger partial charge on any atom is -0.353 e. The number of sulfonamides is 1. The van der Waals surface area contributed by atoms with Gasteiger partial charge in [-0.15, -0.1) is 0 Å². The van der Waals surface area contributed by atoms with Crippen LogP contribution in [0.2, 0.25) is 0 Å². The standard InChI is InChI=1S/C22H35N3O3S/c1-16-8-10-19(11-9-16)29(27,28)25-12-6-7-17(15-25)20(26)23-18-13-21(2,3)24-22(4,5)14-18/h8-11,17-18,24H,6-7,12-15H2,1-5H3,(H,23,26). The highest BCUT2D eigenvalue weighted by Crippen LogP contribution is 2.29. The zero-order chi connectivity index (χ0) is 21.4. The maximum atomic E-state index is 13.0. The van der Waals surface area contributed by atoms with E-state index in [0.717, 1.165) is 24.8 Å². The smallest absolute Gasteiger partial charge is 0.243 e. The van der Waals surface area contributed by atoms with Gasteiger partial charge in [-0.1, -0.05) is 17.7 Å². The summed E-state index contributed by atoms with van der Waals surface area (Å²) in [7, 11) is -3.57. The topological polar surface area (TPSA) is 78.5 Å². The maximum Gasteiger partial charge on any atom is 0.243 e. The highest BCUT2D eigenvalue weighted by molar-refractivity contribution is 7.89. The Balaban J connectivity index is 1.67. The van der Waals surface area contributed by atoms with E-state index in [2.05, 4.69) is 38.3 Å². The third-order valence-corrected chi connectivity index (χ3v) is 7.83. The van der Waals surface area contributed by atoms with E-state index in [9.17, 15) is 13.2 Å². The summed E-state index contributed by atoms with van der Waals surface area (Å²) >= 11 is 0. The Morgan fingerprint density at radius 1 is 1.10 bits per heavy atom. The Morgan fingerprint density at radius 3 is 2.28 bits per heavy atom. The highest BCUT2D eigenvalue weighted by Gasteiger charge is 2.40. The molecule has 1 unspecified atom stereocenters. The van der Waals surface area contributed by atoms with Crippen LogP contribution in [0.15, 0.2) is 29.2 Å². The lowest BCUT2D eigenvalue weighted by molar-refractivity contribution is -0.127. The fourth-order valence-corrected chi connectivity index (χ4v) is 6.50. The monoisotopic (exact) mass is 421 g/mol. The summed E-state index contributed by atoms with van der Waals surface area (Å²) in [5.41, 5.74) is 0.924. The predicted molar refractivity (Wildman–Crippen MR) is 115 cm³/mol. The number of hydrogen-bond acceptors (Lipinski definition) is 4. The van der Waals surface area contributed by atoms with E-state index >= 15 is 0 Å². The van der Waals surface area contributed by atoms with E-state index in [1.54, 1.807) is 12.1 Å². The first kappa shape index (κ1) is 22.2. The molecule has 2 saturated heterocycles. The van der Waals surface area contributed by atoms with E-state index < -0.39 is 10.0 Å². The van der Waals surface area contributed by atoms with Crippen LogP contribution >= 0.6 is 0 Å². The number of nitrogens with zero attached hydrogens (tertiary/aromatic N) is 1. The molecule has 6 nitrogen and oxygen atoms in total. The summed E-state index contributed by atoms with van der Waals surface area (Å²) in [6.45, 7) is 11.3. The molecule has 0 radical (unpaired) electrons. The summed E-state index contributed by atoms with van der Waals surface area (Å²) in [4.78, 5) is 13.3. The van der Waals surface area contributed by atoms with Crippen LogP contribution in [0.1, 0.15) is 58.9 Å². The van der Waals surface area contributed by atoms with Crippen LogP contribution in [0.25, 0.3) is 0 Å². The fraction of sp³-hybridized carbons (Fsp3) is 0.682. The molecule has 1 atom stereocenters. The molecular formula is C22H35N3O3S. The molecule has 2 fully saturated rings. The lowest BCUT2D eigenvalue weighted by Gasteiger charge is -2.47. The van der Waals surface area contributed by atoms with Gasteiger partial charge in [-0.3, -0.25) is 4.79 Å². The third-order valence-electron chi connectivity index (χ3n) is 5.95. The first-order valence-electron chi connectivity index (χ1n) is 10.5. The number of amides is 1. The number of hydrogen-bond donors (Lipinski definition) is 2. The molecular weight excluding hydrogens is 386 g/mol. The van der Waals surface area contributed by atoms with E-state index in [4.69, 9.17) is 0 Å². The number of rotatable bonds is 4. The first-order chi connectivity index (χ1) is 13.4. The second-order valence-electron chi connectivity index (χ2n) is 10.0. The van der Waals surface area contributed by atoms with Gasteiger partial charge in [-0.05, 0) is 72.4 Å². The number of benzene rings is 1. The molecule has 3 rings (SSSR count). The van der Waals surface area contributed by atoms with Crippen molar-refractivity contribution in [2.24, 2.45) is 5.92 Å². The van der Waals surface area contributed by atoms with Crippen LogP contribution in [0, 0.1) is 12.8 Å². The van der Waals surface area contributed by atoms with E-state index in [1.807, 2.05) is 19.1 Å². The van der Waals surface area contributed by atoms with Gasteiger partial charge in [-0.2, -0.15) is 4.31 Å². The van der Waals surface area contributed by atoms with E-state index in [-0.39, 0.29) is 35.5 Å². The number of aryl methyl sites for hydroxylation is 1. The van der Waals surface area contributed by atoms with E-state index in [0.29, 0.717) is 17.9 Å².